The second kappa shape index (κ2) is 8.08. The molecule has 0 unspecified atom stereocenters. The van der Waals surface area contributed by atoms with Crippen LogP contribution in [0.3, 0.4) is 0 Å². The lowest BCUT2D eigenvalue weighted by atomic mass is 10.2. The molecule has 0 fully saturated rings. The molecule has 1 aromatic carbocycles. The van der Waals surface area contributed by atoms with Crippen molar-refractivity contribution >= 4 is 0 Å². The Hall–Kier alpha value is -2.77. The summed E-state index contributed by atoms with van der Waals surface area (Å²) in [5.74, 6) is 1.53. The molecule has 3 heterocycles. The van der Waals surface area contributed by atoms with Gasteiger partial charge in [0.05, 0.1) is 24.6 Å². The van der Waals surface area contributed by atoms with Gasteiger partial charge in [-0.3, -0.25) is 9.58 Å². The van der Waals surface area contributed by atoms with E-state index in [1.54, 1.807) is 14.0 Å². The summed E-state index contributed by atoms with van der Waals surface area (Å²) in [4.78, 5) is 11.4. The highest BCUT2D eigenvalue weighted by Gasteiger charge is 2.18. The summed E-state index contributed by atoms with van der Waals surface area (Å²) in [5.41, 5.74) is 3.94. The molecule has 1 N–H and O–H groups in total. The van der Waals surface area contributed by atoms with Gasteiger partial charge in [-0.1, -0.05) is 0 Å². The molecule has 146 valence electrons. The first-order valence-electron chi connectivity index (χ1n) is 9.55. The van der Waals surface area contributed by atoms with Crippen LogP contribution in [0.25, 0.3) is 11.4 Å². The number of nitrogens with zero attached hydrogens (tertiary/aromatic N) is 5. The molecule has 0 saturated carbocycles. The van der Waals surface area contributed by atoms with Gasteiger partial charge >= 0.3 is 0 Å². The van der Waals surface area contributed by atoms with Gasteiger partial charge in [0.25, 0.3) is 0 Å². The zero-order chi connectivity index (χ0) is 19.5. The van der Waals surface area contributed by atoms with Crippen molar-refractivity contribution in [2.75, 3.05) is 13.7 Å². The number of aliphatic hydroxyl groups excluding tert-OH is 1. The third-order valence-electron chi connectivity index (χ3n) is 5.00. The summed E-state index contributed by atoms with van der Waals surface area (Å²) < 4.78 is 7.21. The summed E-state index contributed by atoms with van der Waals surface area (Å²) in [6, 6.07) is 9.75. The zero-order valence-corrected chi connectivity index (χ0v) is 16.2. The first-order valence-corrected chi connectivity index (χ1v) is 9.55. The second-order valence-corrected chi connectivity index (χ2v) is 7.17. The van der Waals surface area contributed by atoms with Crippen molar-refractivity contribution in [2.24, 2.45) is 0 Å². The molecular formula is C21H25N5O2. The Labute approximate surface area is 164 Å². The number of benzene rings is 1. The first kappa shape index (κ1) is 18.6. The number of hydrogen-bond donors (Lipinski definition) is 1. The van der Waals surface area contributed by atoms with E-state index in [9.17, 15) is 5.11 Å². The Morgan fingerprint density at radius 1 is 1.14 bits per heavy atom. The van der Waals surface area contributed by atoms with E-state index in [1.165, 1.54) is 0 Å². The molecule has 1 aliphatic heterocycles. The van der Waals surface area contributed by atoms with Crippen LogP contribution in [0.1, 0.15) is 36.4 Å². The molecule has 28 heavy (non-hydrogen) atoms. The number of aromatic nitrogens is 4. The van der Waals surface area contributed by atoms with E-state index in [0.717, 1.165) is 60.9 Å². The van der Waals surface area contributed by atoms with E-state index in [4.69, 9.17) is 4.74 Å². The fraction of sp³-hybridized carbons (Fsp3) is 0.381. The van der Waals surface area contributed by atoms with Gasteiger partial charge in [0, 0.05) is 49.7 Å². The number of methoxy groups -OCH3 is 1. The summed E-state index contributed by atoms with van der Waals surface area (Å²) in [7, 11) is 1.65. The Kier molecular flexibility index (Phi) is 5.36. The molecule has 7 nitrogen and oxygen atoms in total. The van der Waals surface area contributed by atoms with Crippen molar-refractivity contribution in [1.29, 1.82) is 0 Å². The van der Waals surface area contributed by atoms with Crippen molar-refractivity contribution in [1.82, 2.24) is 24.6 Å². The van der Waals surface area contributed by atoms with Crippen LogP contribution in [-0.4, -0.2) is 43.4 Å². The van der Waals surface area contributed by atoms with Crippen molar-refractivity contribution in [3.05, 3.63) is 59.7 Å². The van der Waals surface area contributed by atoms with Crippen LogP contribution in [0.5, 0.6) is 5.75 Å². The summed E-state index contributed by atoms with van der Waals surface area (Å²) in [6.45, 7) is 5.22. The van der Waals surface area contributed by atoms with Crippen LogP contribution in [0.2, 0.25) is 0 Å². The average Bonchev–Trinajstić information content (AvgIpc) is 3.02. The average molecular weight is 379 g/mol. The predicted molar refractivity (Wildman–Crippen MR) is 106 cm³/mol. The van der Waals surface area contributed by atoms with Crippen molar-refractivity contribution in [3.63, 3.8) is 0 Å². The van der Waals surface area contributed by atoms with Gasteiger partial charge in [-0.2, -0.15) is 5.10 Å². The lowest BCUT2D eigenvalue weighted by Crippen LogP contribution is -2.23. The molecule has 1 atom stereocenters. The Balaban J connectivity index is 1.44. The van der Waals surface area contributed by atoms with Crippen LogP contribution in [0.15, 0.2) is 42.7 Å². The van der Waals surface area contributed by atoms with Crippen LogP contribution in [0.4, 0.5) is 0 Å². The zero-order valence-electron chi connectivity index (χ0n) is 16.2. The van der Waals surface area contributed by atoms with Crippen molar-refractivity contribution < 1.29 is 9.84 Å². The molecule has 7 heteroatoms. The quantitative estimate of drug-likeness (QED) is 0.735. The van der Waals surface area contributed by atoms with E-state index in [2.05, 4.69) is 20.0 Å². The van der Waals surface area contributed by atoms with Gasteiger partial charge in [-0.25, -0.2) is 9.97 Å². The summed E-state index contributed by atoms with van der Waals surface area (Å²) in [5, 5.41) is 14.3. The van der Waals surface area contributed by atoms with E-state index in [1.807, 2.05) is 47.4 Å². The number of aryl methyl sites for hydroxylation is 1. The molecule has 4 rings (SSSR count). The maximum atomic E-state index is 9.78. The largest absolute Gasteiger partial charge is 0.497 e. The maximum Gasteiger partial charge on any atom is 0.159 e. The van der Waals surface area contributed by atoms with Gasteiger partial charge in [-0.15, -0.1) is 0 Å². The van der Waals surface area contributed by atoms with Crippen molar-refractivity contribution in [2.45, 2.75) is 39.1 Å². The topological polar surface area (TPSA) is 76.3 Å². The van der Waals surface area contributed by atoms with Gasteiger partial charge in [0.2, 0.25) is 0 Å². The standard InChI is InChI=1S/C21H25N5O2/c1-15(27)20-10-18-14-25(8-3-9-26(18)24-20)13-16-11-22-21(23-12-16)17-4-6-19(28-2)7-5-17/h4-7,10-12,15,27H,3,8-9,13-14H2,1-2H3/t15-/m1/s1. The Morgan fingerprint density at radius 3 is 2.57 bits per heavy atom. The van der Waals surface area contributed by atoms with Gasteiger partial charge in [-0.05, 0) is 43.7 Å². The smallest absolute Gasteiger partial charge is 0.159 e. The highest BCUT2D eigenvalue weighted by Crippen LogP contribution is 2.21. The minimum Gasteiger partial charge on any atom is -0.497 e. The molecule has 1 aliphatic rings. The fourth-order valence-electron chi connectivity index (χ4n) is 3.47. The summed E-state index contributed by atoms with van der Waals surface area (Å²) >= 11 is 0. The lowest BCUT2D eigenvalue weighted by Gasteiger charge is -2.19. The van der Waals surface area contributed by atoms with E-state index >= 15 is 0 Å². The monoisotopic (exact) mass is 379 g/mol. The fourth-order valence-corrected chi connectivity index (χ4v) is 3.47. The highest BCUT2D eigenvalue weighted by atomic mass is 16.5. The molecule has 0 saturated heterocycles. The van der Waals surface area contributed by atoms with Crippen LogP contribution < -0.4 is 4.74 Å². The lowest BCUT2D eigenvalue weighted by molar-refractivity contribution is 0.193. The Bertz CT molecular complexity index is 919. The number of aliphatic hydroxyl groups is 1. The molecule has 0 spiro atoms. The van der Waals surface area contributed by atoms with E-state index < -0.39 is 6.10 Å². The maximum absolute atomic E-state index is 9.78. The minimum absolute atomic E-state index is 0.535. The van der Waals surface area contributed by atoms with Crippen LogP contribution in [0, 0.1) is 0 Å². The number of hydrogen-bond acceptors (Lipinski definition) is 6. The molecule has 0 radical (unpaired) electrons. The SMILES string of the molecule is COc1ccc(-c2ncc(CN3CCCn4nc([C@@H](C)O)cc4C3)cn2)cc1. The number of ether oxygens (including phenoxy) is 1. The summed E-state index contributed by atoms with van der Waals surface area (Å²) in [6.07, 6.45) is 4.29. The molecule has 2 aromatic heterocycles. The molecule has 0 aliphatic carbocycles. The van der Waals surface area contributed by atoms with E-state index in [-0.39, 0.29) is 0 Å². The Morgan fingerprint density at radius 2 is 1.89 bits per heavy atom. The number of fused-ring (bicyclic) bond motifs is 1. The van der Waals surface area contributed by atoms with Gasteiger partial charge in [0.15, 0.2) is 5.82 Å². The molecule has 3 aromatic rings. The van der Waals surface area contributed by atoms with E-state index in [0.29, 0.717) is 5.82 Å². The second-order valence-electron chi connectivity index (χ2n) is 7.17. The first-order chi connectivity index (χ1) is 13.6. The molecular weight excluding hydrogens is 354 g/mol. The predicted octanol–water partition coefficient (Wildman–Crippen LogP) is 2.81. The van der Waals surface area contributed by atoms with Gasteiger partial charge in [0.1, 0.15) is 5.75 Å². The highest BCUT2D eigenvalue weighted by molar-refractivity contribution is 5.55. The third-order valence-corrected chi connectivity index (χ3v) is 5.00. The number of rotatable bonds is 5. The normalized spacial score (nSPS) is 15.7. The van der Waals surface area contributed by atoms with Crippen LogP contribution >= 0.6 is 0 Å². The third kappa shape index (κ3) is 4.05. The van der Waals surface area contributed by atoms with Gasteiger partial charge < -0.3 is 9.84 Å². The van der Waals surface area contributed by atoms with Crippen molar-refractivity contribution in [3.8, 4) is 17.1 Å². The molecule has 0 bridgehead atoms. The van der Waals surface area contributed by atoms with Crippen LogP contribution in [-0.2, 0) is 19.6 Å². The minimum atomic E-state index is -0.535. The molecule has 0 amide bonds.